The van der Waals surface area contributed by atoms with Gasteiger partial charge in [0.2, 0.25) is 11.7 Å². The summed E-state index contributed by atoms with van der Waals surface area (Å²) in [6, 6.07) is 2.92. The summed E-state index contributed by atoms with van der Waals surface area (Å²) >= 11 is 0. The van der Waals surface area contributed by atoms with E-state index in [4.69, 9.17) is 9.15 Å². The van der Waals surface area contributed by atoms with Gasteiger partial charge in [0.05, 0.1) is 25.0 Å². The first-order valence-corrected chi connectivity index (χ1v) is 8.98. The number of esters is 2. The Hall–Kier alpha value is -2.52. The van der Waals surface area contributed by atoms with E-state index in [1.807, 2.05) is 0 Å². The van der Waals surface area contributed by atoms with Gasteiger partial charge in [-0.25, -0.2) is 4.79 Å². The van der Waals surface area contributed by atoms with E-state index in [0.29, 0.717) is 31.4 Å². The highest BCUT2D eigenvalue weighted by Gasteiger charge is 2.38. The van der Waals surface area contributed by atoms with Gasteiger partial charge < -0.3 is 19.2 Å². The van der Waals surface area contributed by atoms with Gasteiger partial charge in [-0.2, -0.15) is 13.2 Å². The zero-order valence-corrected chi connectivity index (χ0v) is 15.3. The van der Waals surface area contributed by atoms with E-state index in [9.17, 15) is 27.6 Å². The van der Waals surface area contributed by atoms with E-state index in [1.54, 1.807) is 6.92 Å². The molecule has 0 unspecified atom stereocenters. The van der Waals surface area contributed by atoms with Crippen LogP contribution in [0.4, 0.5) is 13.2 Å². The normalized spacial score (nSPS) is 19.7. The lowest BCUT2D eigenvalue weighted by Crippen LogP contribution is -2.40. The van der Waals surface area contributed by atoms with Crippen LogP contribution in [-0.4, -0.2) is 37.2 Å². The standard InChI is InChI=1S/C18H22F3NO6/c1-2-26-17(25)14-8-7-11(28-14)9-22-15(23)12-5-3-4-6-13(12)16(24)27-10-18(19,20)21/h7-8,12-13H,2-6,9-10H2,1H3,(H,22,23)/t12-,13+/m0/s1. The zero-order valence-electron chi connectivity index (χ0n) is 15.3. The first-order chi connectivity index (χ1) is 13.2. The molecule has 2 atom stereocenters. The molecule has 0 radical (unpaired) electrons. The van der Waals surface area contributed by atoms with Crippen molar-refractivity contribution in [3.8, 4) is 0 Å². The molecule has 0 spiro atoms. The fourth-order valence-electron chi connectivity index (χ4n) is 3.08. The number of rotatable bonds is 7. The van der Waals surface area contributed by atoms with Gasteiger partial charge in [-0.1, -0.05) is 12.8 Å². The van der Waals surface area contributed by atoms with E-state index in [1.165, 1.54) is 12.1 Å². The molecule has 0 aromatic carbocycles. The SMILES string of the molecule is CCOC(=O)c1ccc(CNC(=O)[C@H]2CCCC[C@H]2C(=O)OCC(F)(F)F)o1. The van der Waals surface area contributed by atoms with Crippen molar-refractivity contribution in [2.45, 2.75) is 45.3 Å². The summed E-state index contributed by atoms with van der Waals surface area (Å²) < 4.78 is 51.2. The van der Waals surface area contributed by atoms with E-state index in [0.717, 1.165) is 0 Å². The molecule has 0 saturated heterocycles. The van der Waals surface area contributed by atoms with Crippen LogP contribution in [0.15, 0.2) is 16.5 Å². The van der Waals surface area contributed by atoms with E-state index < -0.39 is 42.5 Å². The number of hydrogen-bond donors (Lipinski definition) is 1. The number of carbonyl (C=O) groups is 3. The minimum Gasteiger partial charge on any atom is -0.460 e. The number of halogens is 3. The molecule has 0 bridgehead atoms. The predicted octanol–water partition coefficient (Wildman–Crippen LogP) is 2.98. The molecular weight excluding hydrogens is 383 g/mol. The van der Waals surface area contributed by atoms with Gasteiger partial charge in [-0.3, -0.25) is 9.59 Å². The number of ether oxygens (including phenoxy) is 2. The smallest absolute Gasteiger partial charge is 0.422 e. The number of alkyl halides is 3. The maximum absolute atomic E-state index is 12.5. The monoisotopic (exact) mass is 405 g/mol. The number of hydrogen-bond acceptors (Lipinski definition) is 6. The maximum atomic E-state index is 12.5. The van der Waals surface area contributed by atoms with Crippen molar-refractivity contribution in [2.75, 3.05) is 13.2 Å². The Labute approximate surface area is 159 Å². The Morgan fingerprint density at radius 2 is 1.82 bits per heavy atom. The second-order valence-corrected chi connectivity index (χ2v) is 6.42. The van der Waals surface area contributed by atoms with Crippen molar-refractivity contribution >= 4 is 17.8 Å². The molecule has 1 aromatic rings. The summed E-state index contributed by atoms with van der Waals surface area (Å²) in [5.74, 6) is -3.49. The fraction of sp³-hybridized carbons (Fsp3) is 0.611. The van der Waals surface area contributed by atoms with E-state index in [2.05, 4.69) is 10.1 Å². The van der Waals surface area contributed by atoms with Gasteiger partial charge in [0, 0.05) is 0 Å². The van der Waals surface area contributed by atoms with Crippen LogP contribution in [0.5, 0.6) is 0 Å². The lowest BCUT2D eigenvalue weighted by molar-refractivity contribution is -0.191. The van der Waals surface area contributed by atoms with Gasteiger partial charge in [0.1, 0.15) is 5.76 Å². The average Bonchev–Trinajstić information content (AvgIpc) is 3.13. The molecule has 2 rings (SSSR count). The van der Waals surface area contributed by atoms with Crippen LogP contribution >= 0.6 is 0 Å². The van der Waals surface area contributed by atoms with E-state index >= 15 is 0 Å². The van der Waals surface area contributed by atoms with Crippen LogP contribution < -0.4 is 5.32 Å². The van der Waals surface area contributed by atoms with Gasteiger partial charge in [0.25, 0.3) is 0 Å². The van der Waals surface area contributed by atoms with Gasteiger partial charge in [-0.15, -0.1) is 0 Å². The first kappa shape index (κ1) is 21.8. The molecule has 1 N–H and O–H groups in total. The van der Waals surface area contributed by atoms with Crippen molar-refractivity contribution in [1.82, 2.24) is 5.32 Å². The number of furan rings is 1. The maximum Gasteiger partial charge on any atom is 0.422 e. The molecular formula is C18H22F3NO6. The Bertz CT molecular complexity index is 700. The minimum atomic E-state index is -4.61. The van der Waals surface area contributed by atoms with Crippen molar-refractivity contribution in [3.63, 3.8) is 0 Å². The molecule has 28 heavy (non-hydrogen) atoms. The Kier molecular flexibility index (Phi) is 7.47. The molecule has 1 aliphatic rings. The van der Waals surface area contributed by atoms with Crippen LogP contribution in [0.1, 0.15) is 48.9 Å². The molecule has 1 aliphatic carbocycles. The van der Waals surface area contributed by atoms with Crippen molar-refractivity contribution in [1.29, 1.82) is 0 Å². The molecule has 156 valence electrons. The first-order valence-electron chi connectivity index (χ1n) is 8.98. The van der Waals surface area contributed by atoms with Crippen LogP contribution in [0.25, 0.3) is 0 Å². The quantitative estimate of drug-likeness (QED) is 0.701. The Morgan fingerprint density at radius 3 is 2.46 bits per heavy atom. The van der Waals surface area contributed by atoms with Crippen LogP contribution in [0, 0.1) is 11.8 Å². The number of carbonyl (C=O) groups excluding carboxylic acids is 3. The van der Waals surface area contributed by atoms with Crippen molar-refractivity contribution in [3.05, 3.63) is 23.7 Å². The van der Waals surface area contributed by atoms with Crippen molar-refractivity contribution in [2.24, 2.45) is 11.8 Å². The molecule has 1 aromatic heterocycles. The predicted molar refractivity (Wildman–Crippen MR) is 89.0 cm³/mol. The Balaban J connectivity index is 1.92. The van der Waals surface area contributed by atoms with E-state index in [-0.39, 0.29) is 18.9 Å². The minimum absolute atomic E-state index is 0.00243. The second-order valence-electron chi connectivity index (χ2n) is 6.42. The molecule has 10 heteroatoms. The van der Waals surface area contributed by atoms with Crippen LogP contribution in [-0.2, 0) is 25.6 Å². The van der Waals surface area contributed by atoms with Crippen LogP contribution in [0.2, 0.25) is 0 Å². The molecule has 0 aliphatic heterocycles. The zero-order chi connectivity index (χ0) is 20.7. The summed E-state index contributed by atoms with van der Waals surface area (Å²) in [6.45, 7) is 0.153. The molecule has 1 saturated carbocycles. The largest absolute Gasteiger partial charge is 0.460 e. The summed E-state index contributed by atoms with van der Waals surface area (Å²) in [7, 11) is 0. The third kappa shape index (κ3) is 6.28. The lowest BCUT2D eigenvalue weighted by Gasteiger charge is -2.29. The average molecular weight is 405 g/mol. The summed E-state index contributed by atoms with van der Waals surface area (Å²) in [4.78, 5) is 36.0. The number of nitrogens with one attached hydrogen (secondary N) is 1. The topological polar surface area (TPSA) is 94.8 Å². The third-order valence-electron chi connectivity index (χ3n) is 4.36. The third-order valence-corrected chi connectivity index (χ3v) is 4.36. The summed E-state index contributed by atoms with van der Waals surface area (Å²) in [5, 5.41) is 2.60. The molecule has 1 amide bonds. The van der Waals surface area contributed by atoms with Gasteiger partial charge >= 0.3 is 18.1 Å². The van der Waals surface area contributed by atoms with Crippen LogP contribution in [0.3, 0.4) is 0 Å². The summed E-state index contributed by atoms with van der Waals surface area (Å²) in [5.41, 5.74) is 0. The lowest BCUT2D eigenvalue weighted by atomic mass is 9.78. The highest BCUT2D eigenvalue weighted by Crippen LogP contribution is 2.32. The Morgan fingerprint density at radius 1 is 1.14 bits per heavy atom. The van der Waals surface area contributed by atoms with Gasteiger partial charge in [0.15, 0.2) is 6.61 Å². The summed E-state index contributed by atoms with van der Waals surface area (Å²) in [6.07, 6.45) is -2.62. The molecule has 1 fully saturated rings. The number of amides is 1. The molecule has 7 nitrogen and oxygen atoms in total. The fourth-order valence-corrected chi connectivity index (χ4v) is 3.08. The molecule has 1 heterocycles. The highest BCUT2D eigenvalue weighted by molar-refractivity contribution is 5.86. The highest BCUT2D eigenvalue weighted by atomic mass is 19.4. The van der Waals surface area contributed by atoms with Crippen molar-refractivity contribution < 1.29 is 41.4 Å². The second kappa shape index (κ2) is 9.61. The van der Waals surface area contributed by atoms with Gasteiger partial charge in [-0.05, 0) is 31.9 Å².